The van der Waals surface area contributed by atoms with Crippen LogP contribution < -0.4 is 5.32 Å². The highest BCUT2D eigenvalue weighted by Crippen LogP contribution is 2.34. The van der Waals surface area contributed by atoms with E-state index in [1.165, 1.54) is 18.3 Å². The number of aromatic nitrogens is 5. The molecule has 0 spiro atoms. The standard InChI is InChI=1S/C16H11ClN6OS/c1-8(24)13-6-9(4-5-18-13)15-22-23-16(25-15)20-12-3-2-11-10(14(12)17)7-19-21-11/h2-7H,1H3,(H,19,21)(H,20,23). The molecule has 1 aromatic carbocycles. The van der Waals surface area contributed by atoms with Gasteiger partial charge >= 0.3 is 0 Å². The number of pyridine rings is 1. The number of aromatic amines is 1. The topological polar surface area (TPSA) is 96.5 Å². The van der Waals surface area contributed by atoms with E-state index in [2.05, 4.69) is 30.7 Å². The van der Waals surface area contributed by atoms with Crippen molar-refractivity contribution in [3.8, 4) is 10.6 Å². The molecule has 7 nitrogen and oxygen atoms in total. The molecule has 2 N–H and O–H groups in total. The lowest BCUT2D eigenvalue weighted by Crippen LogP contribution is -1.95. The van der Waals surface area contributed by atoms with Crippen molar-refractivity contribution >= 4 is 50.4 Å². The Morgan fingerprint density at radius 3 is 3.00 bits per heavy atom. The number of halogens is 1. The Hall–Kier alpha value is -2.84. The molecule has 0 fully saturated rings. The summed E-state index contributed by atoms with van der Waals surface area (Å²) in [6.45, 7) is 1.48. The van der Waals surface area contributed by atoms with Crippen LogP contribution in [0.1, 0.15) is 17.4 Å². The number of Topliss-reactive ketones (excluding diaryl/α,β-unsaturated/α-hetero) is 1. The van der Waals surface area contributed by atoms with Crippen molar-refractivity contribution in [1.29, 1.82) is 0 Å². The minimum atomic E-state index is -0.0927. The third kappa shape index (κ3) is 2.97. The monoisotopic (exact) mass is 370 g/mol. The largest absolute Gasteiger partial charge is 0.329 e. The van der Waals surface area contributed by atoms with Crippen LogP contribution in [0.4, 0.5) is 10.8 Å². The van der Waals surface area contributed by atoms with Crippen molar-refractivity contribution in [1.82, 2.24) is 25.4 Å². The first kappa shape index (κ1) is 15.7. The van der Waals surface area contributed by atoms with Crippen LogP contribution in [0.5, 0.6) is 0 Å². The highest BCUT2D eigenvalue weighted by molar-refractivity contribution is 7.18. The van der Waals surface area contributed by atoms with Gasteiger partial charge in [-0.1, -0.05) is 22.9 Å². The Bertz CT molecular complexity index is 1090. The number of rotatable bonds is 4. The zero-order valence-electron chi connectivity index (χ0n) is 12.9. The molecule has 3 aromatic heterocycles. The molecule has 0 amide bonds. The summed E-state index contributed by atoms with van der Waals surface area (Å²) in [6, 6.07) is 7.24. The maximum absolute atomic E-state index is 11.5. The van der Waals surface area contributed by atoms with Crippen molar-refractivity contribution in [2.45, 2.75) is 6.92 Å². The molecule has 3 heterocycles. The number of anilines is 2. The van der Waals surface area contributed by atoms with Crippen molar-refractivity contribution in [3.63, 3.8) is 0 Å². The molecule has 124 valence electrons. The minimum Gasteiger partial charge on any atom is -0.329 e. The van der Waals surface area contributed by atoms with Gasteiger partial charge in [0.05, 0.1) is 22.4 Å². The Morgan fingerprint density at radius 1 is 1.28 bits per heavy atom. The SMILES string of the molecule is CC(=O)c1cc(-c2nnc(Nc3ccc4[nH]ncc4c3Cl)s2)ccn1. The molecule has 0 bridgehead atoms. The predicted octanol–water partition coefficient (Wildman–Crippen LogP) is 4.08. The normalized spacial score (nSPS) is 11.0. The molecule has 4 rings (SSSR count). The molecule has 9 heteroatoms. The molecule has 4 aromatic rings. The summed E-state index contributed by atoms with van der Waals surface area (Å²) in [4.78, 5) is 15.5. The number of hydrogen-bond acceptors (Lipinski definition) is 7. The summed E-state index contributed by atoms with van der Waals surface area (Å²) >= 11 is 7.76. The van der Waals surface area contributed by atoms with E-state index >= 15 is 0 Å². The number of hydrogen-bond donors (Lipinski definition) is 2. The molecule has 0 radical (unpaired) electrons. The highest BCUT2D eigenvalue weighted by Gasteiger charge is 2.12. The van der Waals surface area contributed by atoms with Gasteiger partial charge in [-0.25, -0.2) is 0 Å². The van der Waals surface area contributed by atoms with Crippen LogP contribution in [0, 0.1) is 0 Å². The van der Waals surface area contributed by atoms with E-state index in [9.17, 15) is 4.79 Å². The quantitative estimate of drug-likeness (QED) is 0.525. The number of benzene rings is 1. The summed E-state index contributed by atoms with van der Waals surface area (Å²) in [5, 5.41) is 21.0. The predicted molar refractivity (Wildman–Crippen MR) is 97.5 cm³/mol. The van der Waals surface area contributed by atoms with Crippen LogP contribution in [0.15, 0.2) is 36.7 Å². The number of fused-ring (bicyclic) bond motifs is 1. The second-order valence-electron chi connectivity index (χ2n) is 5.28. The Balaban J connectivity index is 1.64. The van der Waals surface area contributed by atoms with E-state index in [1.807, 2.05) is 12.1 Å². The van der Waals surface area contributed by atoms with Gasteiger partial charge in [0.15, 0.2) is 5.78 Å². The summed E-state index contributed by atoms with van der Waals surface area (Å²) < 4.78 is 0. The maximum atomic E-state index is 11.5. The average Bonchev–Trinajstić information content (AvgIpc) is 3.27. The lowest BCUT2D eigenvalue weighted by molar-refractivity contribution is 0.101. The van der Waals surface area contributed by atoms with E-state index in [1.54, 1.807) is 24.5 Å². The third-order valence-corrected chi connectivity index (χ3v) is 4.89. The molecular weight excluding hydrogens is 360 g/mol. The lowest BCUT2D eigenvalue weighted by atomic mass is 10.2. The number of nitrogens with zero attached hydrogens (tertiary/aromatic N) is 4. The first-order valence-corrected chi connectivity index (χ1v) is 8.51. The van der Waals surface area contributed by atoms with Crippen molar-refractivity contribution in [2.24, 2.45) is 0 Å². The molecule has 0 aliphatic carbocycles. The molecular formula is C16H11ClN6OS. The molecule has 0 saturated carbocycles. The Labute approximate surface area is 151 Å². The van der Waals surface area contributed by atoms with Crippen molar-refractivity contribution < 1.29 is 4.79 Å². The van der Waals surface area contributed by atoms with Crippen LogP contribution in [-0.2, 0) is 0 Å². The Kier molecular flexibility index (Phi) is 3.90. The van der Waals surface area contributed by atoms with Crippen LogP contribution >= 0.6 is 22.9 Å². The molecule has 0 aliphatic heterocycles. The summed E-state index contributed by atoms with van der Waals surface area (Å²) in [7, 11) is 0. The zero-order valence-corrected chi connectivity index (χ0v) is 14.5. The number of nitrogens with one attached hydrogen (secondary N) is 2. The average molecular weight is 371 g/mol. The second-order valence-corrected chi connectivity index (χ2v) is 6.64. The number of carbonyl (C=O) groups excluding carboxylic acids is 1. The minimum absolute atomic E-state index is 0.0927. The molecule has 0 unspecified atom stereocenters. The maximum Gasteiger partial charge on any atom is 0.210 e. The van der Waals surface area contributed by atoms with Gasteiger partial charge in [0.25, 0.3) is 0 Å². The fourth-order valence-electron chi connectivity index (χ4n) is 2.34. The van der Waals surface area contributed by atoms with E-state index in [-0.39, 0.29) is 5.78 Å². The van der Waals surface area contributed by atoms with E-state index in [4.69, 9.17) is 11.6 Å². The van der Waals surface area contributed by atoms with Gasteiger partial charge < -0.3 is 5.32 Å². The van der Waals surface area contributed by atoms with E-state index in [0.717, 1.165) is 22.2 Å². The van der Waals surface area contributed by atoms with Crippen LogP contribution in [-0.4, -0.2) is 31.2 Å². The van der Waals surface area contributed by atoms with Crippen LogP contribution in [0.2, 0.25) is 5.02 Å². The van der Waals surface area contributed by atoms with E-state index < -0.39 is 0 Å². The summed E-state index contributed by atoms with van der Waals surface area (Å²) in [5.74, 6) is -0.0927. The van der Waals surface area contributed by atoms with Crippen molar-refractivity contribution in [2.75, 3.05) is 5.32 Å². The molecule has 25 heavy (non-hydrogen) atoms. The fraction of sp³-hybridized carbons (Fsp3) is 0.0625. The van der Waals surface area contributed by atoms with E-state index in [0.29, 0.717) is 20.9 Å². The van der Waals surface area contributed by atoms with Crippen molar-refractivity contribution in [3.05, 3.63) is 47.4 Å². The third-order valence-electron chi connectivity index (χ3n) is 3.59. The number of carbonyl (C=O) groups is 1. The first-order valence-electron chi connectivity index (χ1n) is 7.31. The van der Waals surface area contributed by atoms with Crippen LogP contribution in [0.3, 0.4) is 0 Å². The zero-order chi connectivity index (χ0) is 17.4. The van der Waals surface area contributed by atoms with Gasteiger partial charge in [-0.15, -0.1) is 10.2 Å². The van der Waals surface area contributed by atoms with Gasteiger partial charge in [0, 0.05) is 24.1 Å². The first-order chi connectivity index (χ1) is 12.1. The van der Waals surface area contributed by atoms with Gasteiger partial charge in [-0.2, -0.15) is 5.10 Å². The van der Waals surface area contributed by atoms with Gasteiger partial charge in [0.1, 0.15) is 10.7 Å². The van der Waals surface area contributed by atoms with Gasteiger partial charge in [-0.05, 0) is 24.3 Å². The number of ketones is 1. The highest BCUT2D eigenvalue weighted by atomic mass is 35.5. The lowest BCUT2D eigenvalue weighted by Gasteiger charge is -2.05. The Morgan fingerprint density at radius 2 is 2.16 bits per heavy atom. The smallest absolute Gasteiger partial charge is 0.210 e. The second kappa shape index (κ2) is 6.23. The molecule has 0 aliphatic rings. The van der Waals surface area contributed by atoms with Gasteiger partial charge in [-0.3, -0.25) is 14.9 Å². The fourth-order valence-corrected chi connectivity index (χ4v) is 3.35. The summed E-state index contributed by atoms with van der Waals surface area (Å²) in [5.41, 5.74) is 2.78. The van der Waals surface area contributed by atoms with Crippen LogP contribution in [0.25, 0.3) is 21.5 Å². The summed E-state index contributed by atoms with van der Waals surface area (Å²) in [6.07, 6.45) is 3.26. The molecule has 0 saturated heterocycles. The van der Waals surface area contributed by atoms with Gasteiger partial charge in [0.2, 0.25) is 5.13 Å². The number of H-pyrrole nitrogens is 1. The molecule has 0 atom stereocenters.